The summed E-state index contributed by atoms with van der Waals surface area (Å²) in [6.07, 6.45) is 35.5. The molecule has 5 atom stereocenters. The molecule has 16 heteroatoms. The van der Waals surface area contributed by atoms with Gasteiger partial charge in [0.25, 0.3) is 0 Å². The summed E-state index contributed by atoms with van der Waals surface area (Å²) in [7, 11) is -9.69. The van der Waals surface area contributed by atoms with Gasteiger partial charge in [0.1, 0.15) is 12.7 Å². The third-order valence-corrected chi connectivity index (χ3v) is 10.5. The van der Waals surface area contributed by atoms with Crippen LogP contribution in [0.15, 0.2) is 48.6 Å². The second-order valence-electron chi connectivity index (χ2n) is 14.6. The number of hydrogen-bond donors (Lipinski definition) is 4. The molecule has 0 saturated carbocycles. The van der Waals surface area contributed by atoms with Gasteiger partial charge in [0, 0.05) is 12.8 Å². The number of aliphatic hydroxyl groups excluding tert-OH is 1. The van der Waals surface area contributed by atoms with Gasteiger partial charge in [-0.3, -0.25) is 23.2 Å². The highest BCUT2D eigenvalue weighted by molar-refractivity contribution is 7.47. The van der Waals surface area contributed by atoms with Crippen molar-refractivity contribution in [2.75, 3.05) is 26.4 Å². The van der Waals surface area contributed by atoms with Crippen LogP contribution < -0.4 is 0 Å². The van der Waals surface area contributed by atoms with Crippen molar-refractivity contribution in [3.05, 3.63) is 48.6 Å². The Morgan fingerprint density at radius 3 is 1.76 bits per heavy atom. The maximum atomic E-state index is 12.6. The van der Waals surface area contributed by atoms with E-state index in [2.05, 4.69) is 71.5 Å². The molecular weight excluding hydrogens is 790 g/mol. The molecule has 1 aliphatic heterocycles. The molecule has 14 nitrogen and oxygen atoms in total. The Morgan fingerprint density at radius 2 is 1.12 bits per heavy atom. The Bertz CT molecular complexity index is 1280. The van der Waals surface area contributed by atoms with Gasteiger partial charge < -0.3 is 34.0 Å². The number of esters is 2. The van der Waals surface area contributed by atoms with Crippen LogP contribution in [0.5, 0.6) is 0 Å². The van der Waals surface area contributed by atoms with E-state index in [9.17, 15) is 28.7 Å². The van der Waals surface area contributed by atoms with Crippen molar-refractivity contribution < 1.29 is 66.3 Å². The molecule has 1 saturated heterocycles. The lowest BCUT2D eigenvalue weighted by atomic mass is 10.1. The van der Waals surface area contributed by atoms with Crippen LogP contribution in [0.25, 0.3) is 0 Å². The summed E-state index contributed by atoms with van der Waals surface area (Å²) < 4.78 is 53.5. The first-order valence-corrected chi connectivity index (χ1v) is 24.5. The number of aliphatic hydroxyl groups is 1. The molecule has 58 heavy (non-hydrogen) atoms. The molecule has 336 valence electrons. The van der Waals surface area contributed by atoms with E-state index in [0.717, 1.165) is 77.0 Å². The van der Waals surface area contributed by atoms with Crippen molar-refractivity contribution in [3.63, 3.8) is 0 Å². The summed E-state index contributed by atoms with van der Waals surface area (Å²) in [5.41, 5.74) is 0. The molecule has 0 aliphatic carbocycles. The molecule has 0 aromatic carbocycles. The Balaban J connectivity index is 2.41. The molecule has 1 heterocycles. The molecule has 0 radical (unpaired) electrons. The van der Waals surface area contributed by atoms with Crippen LogP contribution in [-0.4, -0.2) is 82.6 Å². The number of rotatable bonds is 39. The number of unbranched alkanes of at least 4 members (excludes halogenated alkanes) is 12. The average Bonchev–Trinajstić information content (AvgIpc) is 3.94. The minimum atomic E-state index is -4.87. The maximum Gasteiger partial charge on any atom is 0.472 e. The topological polar surface area (TPSA) is 208 Å². The Morgan fingerprint density at radius 1 is 0.603 bits per heavy atom. The molecule has 0 aromatic rings. The molecule has 3 unspecified atom stereocenters. The smallest absolute Gasteiger partial charge is 0.462 e. The summed E-state index contributed by atoms with van der Waals surface area (Å²) in [5.74, 6) is -1.10. The van der Waals surface area contributed by atoms with E-state index in [1.165, 1.54) is 38.5 Å². The minimum Gasteiger partial charge on any atom is -0.462 e. The Kier molecular flexibility index (Phi) is 32.4. The highest BCUT2D eigenvalue weighted by Gasteiger charge is 2.36. The van der Waals surface area contributed by atoms with Crippen molar-refractivity contribution in [1.29, 1.82) is 0 Å². The van der Waals surface area contributed by atoms with Crippen LogP contribution in [0.3, 0.4) is 0 Å². The van der Waals surface area contributed by atoms with Gasteiger partial charge in [-0.05, 0) is 77.0 Å². The zero-order valence-corrected chi connectivity index (χ0v) is 36.9. The number of epoxide rings is 1. The van der Waals surface area contributed by atoms with E-state index >= 15 is 0 Å². The van der Waals surface area contributed by atoms with Gasteiger partial charge >= 0.3 is 27.6 Å². The lowest BCUT2D eigenvalue weighted by Gasteiger charge is -2.20. The number of phosphoric ester groups is 2. The fourth-order valence-electron chi connectivity index (χ4n) is 5.71. The Labute approximate surface area is 347 Å². The molecular formula is C42H74O14P2. The van der Waals surface area contributed by atoms with E-state index in [4.69, 9.17) is 28.5 Å². The normalized spacial score (nSPS) is 18.0. The molecule has 0 amide bonds. The van der Waals surface area contributed by atoms with Gasteiger partial charge in [0.15, 0.2) is 6.10 Å². The largest absolute Gasteiger partial charge is 0.472 e. The number of allylic oxidation sites excluding steroid dienone is 7. The zero-order valence-electron chi connectivity index (χ0n) is 35.1. The van der Waals surface area contributed by atoms with Gasteiger partial charge in [-0.15, -0.1) is 0 Å². The van der Waals surface area contributed by atoms with Gasteiger partial charge in [-0.1, -0.05) is 114 Å². The van der Waals surface area contributed by atoms with Crippen LogP contribution in [-0.2, 0) is 46.5 Å². The van der Waals surface area contributed by atoms with E-state index in [1.807, 2.05) is 0 Å². The summed E-state index contributed by atoms with van der Waals surface area (Å²) in [6.45, 7) is 1.62. The van der Waals surface area contributed by atoms with E-state index in [-0.39, 0.29) is 12.8 Å². The molecule has 0 spiro atoms. The quantitative estimate of drug-likeness (QED) is 0.0149. The van der Waals surface area contributed by atoms with Gasteiger partial charge in [0.2, 0.25) is 0 Å². The van der Waals surface area contributed by atoms with E-state index in [1.54, 1.807) is 0 Å². The van der Waals surface area contributed by atoms with Crippen molar-refractivity contribution >= 4 is 27.6 Å². The number of ether oxygens (including phenoxy) is 3. The minimum absolute atomic E-state index is 0.0749. The van der Waals surface area contributed by atoms with Crippen molar-refractivity contribution in [2.45, 2.75) is 180 Å². The van der Waals surface area contributed by atoms with Gasteiger partial charge in [0.05, 0.1) is 32.0 Å². The van der Waals surface area contributed by atoms with Crippen molar-refractivity contribution in [3.8, 4) is 0 Å². The lowest BCUT2D eigenvalue weighted by Crippen LogP contribution is -2.30. The zero-order chi connectivity index (χ0) is 42.7. The highest BCUT2D eigenvalue weighted by Crippen LogP contribution is 2.44. The predicted molar refractivity (Wildman–Crippen MR) is 225 cm³/mol. The standard InChI is InChI=1S/C42H74O14P2/c1-3-5-7-9-11-12-13-14-15-16-17-18-19-23-28-32-42(45)55-38(36-54-58(49,50)53-34-37(43)33-52-57(46,47)48)35-51-41(44)31-27-24-20-22-26-30-40-39(56-40)29-25-21-10-8-6-4-2/h11-12,14-15,17-18,21,25,37-40,43H,3-10,13,16,19-20,22-24,26-36H2,1-2H3,(H,49,50)(H2,46,47,48)/b12-11-,15-14-,18-17-,25-21-/t37-,38+,39?,40?/m0/s1. The van der Waals surface area contributed by atoms with Crippen LogP contribution in [0.4, 0.5) is 0 Å². The first-order chi connectivity index (χ1) is 27.8. The third-order valence-electron chi connectivity index (χ3n) is 9.10. The summed E-state index contributed by atoms with van der Waals surface area (Å²) in [6, 6.07) is 0. The molecule has 0 bridgehead atoms. The fraction of sp³-hybridized carbons (Fsp3) is 0.762. The first kappa shape index (κ1) is 54.1. The highest BCUT2D eigenvalue weighted by atomic mass is 31.2. The maximum absolute atomic E-state index is 12.6. The SMILES string of the molecule is CCCCC/C=C\C/C=C\C/C=C\CCCCC(=O)O[C@H](COC(=O)CCCCCCCC1OC1C/C=C\CCCCC)COP(=O)(O)OC[C@@H](O)COP(=O)(O)O. The fourth-order valence-corrected chi connectivity index (χ4v) is 6.87. The van der Waals surface area contributed by atoms with Crippen LogP contribution in [0.2, 0.25) is 0 Å². The number of carbonyl (C=O) groups is 2. The number of hydrogen-bond acceptors (Lipinski definition) is 11. The summed E-state index contributed by atoms with van der Waals surface area (Å²) in [5, 5.41) is 9.74. The van der Waals surface area contributed by atoms with Crippen LogP contribution in [0, 0.1) is 0 Å². The molecule has 0 aromatic heterocycles. The molecule has 1 rings (SSSR count). The first-order valence-electron chi connectivity index (χ1n) is 21.5. The second-order valence-corrected chi connectivity index (χ2v) is 17.3. The second kappa shape index (κ2) is 34.7. The predicted octanol–water partition coefficient (Wildman–Crippen LogP) is 9.66. The third kappa shape index (κ3) is 34.9. The van der Waals surface area contributed by atoms with Gasteiger partial charge in [-0.2, -0.15) is 0 Å². The van der Waals surface area contributed by atoms with Crippen LogP contribution in [0.1, 0.15) is 155 Å². The number of carbonyl (C=O) groups excluding carboxylic acids is 2. The number of phosphoric acid groups is 2. The molecule has 1 fully saturated rings. The Hall–Kier alpha value is -1.96. The van der Waals surface area contributed by atoms with E-state index < -0.39 is 66.2 Å². The molecule has 4 N–H and O–H groups in total. The summed E-state index contributed by atoms with van der Waals surface area (Å²) in [4.78, 5) is 52.7. The van der Waals surface area contributed by atoms with Crippen molar-refractivity contribution in [1.82, 2.24) is 0 Å². The average molecular weight is 865 g/mol. The lowest BCUT2D eigenvalue weighted by molar-refractivity contribution is -0.161. The van der Waals surface area contributed by atoms with E-state index in [0.29, 0.717) is 25.0 Å². The molecule has 1 aliphatic rings. The van der Waals surface area contributed by atoms with Gasteiger partial charge in [-0.25, -0.2) is 9.13 Å². The van der Waals surface area contributed by atoms with Crippen LogP contribution >= 0.6 is 15.6 Å². The van der Waals surface area contributed by atoms with Crippen molar-refractivity contribution in [2.24, 2.45) is 0 Å². The summed E-state index contributed by atoms with van der Waals surface area (Å²) >= 11 is 0. The monoisotopic (exact) mass is 864 g/mol.